The summed E-state index contributed by atoms with van der Waals surface area (Å²) < 4.78 is 48.0. The minimum absolute atomic E-state index is 0.129. The van der Waals surface area contributed by atoms with Crippen LogP contribution < -0.4 is 5.73 Å². The topological polar surface area (TPSA) is 64.7 Å². The van der Waals surface area contributed by atoms with E-state index in [0.717, 1.165) is 6.07 Å². The van der Waals surface area contributed by atoms with E-state index in [0.29, 0.717) is 17.5 Å². The van der Waals surface area contributed by atoms with E-state index >= 15 is 0 Å². The number of hydrogen-bond acceptors (Lipinski definition) is 4. The van der Waals surface area contributed by atoms with Crippen LogP contribution in [0.5, 0.6) is 0 Å². The van der Waals surface area contributed by atoms with Gasteiger partial charge >= 0.3 is 0 Å². The number of Topliss-reactive ketones (excluding diaryl/α,β-unsaturated/α-hetero) is 1. The Hall–Kier alpha value is -3.27. The van der Waals surface area contributed by atoms with Crippen LogP contribution in [0.15, 0.2) is 53.5 Å². The lowest BCUT2D eigenvalue weighted by Gasteiger charge is -2.33. The number of carbonyl (C=O) groups excluding carboxylic acids is 1. The third kappa shape index (κ3) is 3.58. The Balaban J connectivity index is 1.64. The molecule has 0 unspecified atom stereocenters. The number of fused-ring (bicyclic) bond motifs is 1. The molecule has 1 heterocycles. The summed E-state index contributed by atoms with van der Waals surface area (Å²) in [4.78, 5) is 16.0. The van der Waals surface area contributed by atoms with E-state index in [1.54, 1.807) is 24.3 Å². The SMILES string of the molecule is NC1=N[C@@](c2cc(CC(=O)C#Cc3ccccc3)ccc2F)(C(F)F)[C@H]2C[C@H]2O1. The Labute approximate surface area is 165 Å². The van der Waals surface area contributed by atoms with Gasteiger partial charge in [0.05, 0.1) is 0 Å². The molecule has 2 aliphatic rings. The number of benzene rings is 2. The number of hydrogen-bond donors (Lipinski definition) is 1. The van der Waals surface area contributed by atoms with Crippen LogP contribution in [0.25, 0.3) is 0 Å². The van der Waals surface area contributed by atoms with Gasteiger partial charge in [-0.2, -0.15) is 0 Å². The Morgan fingerprint density at radius 2 is 2.03 bits per heavy atom. The number of alkyl halides is 2. The minimum atomic E-state index is -2.97. The Morgan fingerprint density at radius 3 is 2.76 bits per heavy atom. The minimum Gasteiger partial charge on any atom is -0.462 e. The highest BCUT2D eigenvalue weighted by molar-refractivity contribution is 5.97. The van der Waals surface area contributed by atoms with Gasteiger partial charge in [0.2, 0.25) is 5.78 Å². The maximum Gasteiger partial charge on any atom is 0.283 e. The molecule has 29 heavy (non-hydrogen) atoms. The van der Waals surface area contributed by atoms with E-state index < -0.39 is 35.6 Å². The van der Waals surface area contributed by atoms with Crippen molar-refractivity contribution in [2.24, 2.45) is 16.6 Å². The monoisotopic (exact) mass is 398 g/mol. The van der Waals surface area contributed by atoms with Crippen LogP contribution >= 0.6 is 0 Å². The van der Waals surface area contributed by atoms with Gasteiger partial charge in [0.1, 0.15) is 11.9 Å². The lowest BCUT2D eigenvalue weighted by Crippen LogP contribution is -2.43. The van der Waals surface area contributed by atoms with Crippen molar-refractivity contribution in [1.82, 2.24) is 0 Å². The molecule has 2 aromatic rings. The molecule has 0 amide bonds. The molecule has 3 atom stereocenters. The number of ether oxygens (including phenoxy) is 1. The molecule has 1 saturated carbocycles. The van der Waals surface area contributed by atoms with Crippen LogP contribution in [0.4, 0.5) is 13.2 Å². The normalized spacial score (nSPS) is 24.6. The summed E-state index contributed by atoms with van der Waals surface area (Å²) in [7, 11) is 0. The first kappa shape index (κ1) is 19.1. The maximum absolute atomic E-state index is 14.6. The lowest BCUT2D eigenvalue weighted by molar-refractivity contribution is -0.113. The number of amidine groups is 1. The highest BCUT2D eigenvalue weighted by Gasteiger charge is 2.64. The molecule has 0 aromatic heterocycles. The van der Waals surface area contributed by atoms with Crippen LogP contribution in [0.2, 0.25) is 0 Å². The summed E-state index contributed by atoms with van der Waals surface area (Å²) >= 11 is 0. The second kappa shape index (κ2) is 7.28. The van der Waals surface area contributed by atoms with Crippen molar-refractivity contribution in [3.63, 3.8) is 0 Å². The van der Waals surface area contributed by atoms with Gasteiger partial charge in [-0.15, -0.1) is 0 Å². The average molecular weight is 398 g/mol. The second-order valence-corrected chi connectivity index (χ2v) is 7.10. The summed E-state index contributed by atoms with van der Waals surface area (Å²) in [6.07, 6.45) is -3.28. The summed E-state index contributed by atoms with van der Waals surface area (Å²) in [5.41, 5.74) is 4.25. The molecule has 2 N–H and O–H groups in total. The number of halogens is 3. The molecule has 1 fully saturated rings. The van der Waals surface area contributed by atoms with Crippen molar-refractivity contribution in [1.29, 1.82) is 0 Å². The third-order valence-corrected chi connectivity index (χ3v) is 5.14. The van der Waals surface area contributed by atoms with E-state index in [2.05, 4.69) is 16.8 Å². The number of rotatable bonds is 4. The van der Waals surface area contributed by atoms with E-state index in [1.807, 2.05) is 6.07 Å². The molecule has 2 aromatic carbocycles. The van der Waals surface area contributed by atoms with Crippen LogP contribution in [0, 0.1) is 23.6 Å². The first-order chi connectivity index (χ1) is 13.9. The van der Waals surface area contributed by atoms with Crippen LogP contribution in [-0.4, -0.2) is 24.3 Å². The van der Waals surface area contributed by atoms with Crippen molar-refractivity contribution in [3.8, 4) is 11.8 Å². The van der Waals surface area contributed by atoms with E-state index in [9.17, 15) is 18.0 Å². The molecular formula is C22H17F3N2O2. The number of ketones is 1. The number of carbonyl (C=O) groups is 1. The molecule has 0 saturated heterocycles. The average Bonchev–Trinajstić information content (AvgIpc) is 3.47. The zero-order valence-electron chi connectivity index (χ0n) is 15.2. The van der Waals surface area contributed by atoms with Gasteiger partial charge in [0.15, 0.2) is 5.54 Å². The van der Waals surface area contributed by atoms with Gasteiger partial charge in [-0.25, -0.2) is 18.2 Å². The number of nitrogens with two attached hydrogens (primary N) is 1. The van der Waals surface area contributed by atoms with Gasteiger partial charge < -0.3 is 10.5 Å². The van der Waals surface area contributed by atoms with Gasteiger partial charge in [-0.3, -0.25) is 4.79 Å². The third-order valence-electron chi connectivity index (χ3n) is 5.14. The fourth-order valence-electron chi connectivity index (χ4n) is 3.68. The van der Waals surface area contributed by atoms with E-state index in [-0.39, 0.29) is 18.0 Å². The van der Waals surface area contributed by atoms with Gasteiger partial charge in [0, 0.05) is 23.5 Å². The van der Waals surface area contributed by atoms with Crippen LogP contribution in [0.1, 0.15) is 23.1 Å². The first-order valence-electron chi connectivity index (χ1n) is 9.09. The molecule has 148 valence electrons. The fraction of sp³-hybridized carbons (Fsp3) is 0.273. The van der Waals surface area contributed by atoms with Gasteiger partial charge in [-0.1, -0.05) is 30.2 Å². The molecule has 7 heteroatoms. The van der Waals surface area contributed by atoms with Crippen molar-refractivity contribution in [2.45, 2.75) is 30.9 Å². The van der Waals surface area contributed by atoms with Crippen molar-refractivity contribution < 1.29 is 22.7 Å². The Morgan fingerprint density at radius 1 is 1.28 bits per heavy atom. The molecule has 4 nitrogen and oxygen atoms in total. The van der Waals surface area contributed by atoms with Crippen molar-refractivity contribution in [3.05, 3.63) is 71.0 Å². The largest absolute Gasteiger partial charge is 0.462 e. The Bertz CT molecular complexity index is 1040. The quantitative estimate of drug-likeness (QED) is 0.805. The molecule has 1 aliphatic heterocycles. The molecule has 4 rings (SSSR count). The molecular weight excluding hydrogens is 381 g/mol. The molecule has 0 bridgehead atoms. The predicted octanol–water partition coefficient (Wildman–Crippen LogP) is 3.18. The van der Waals surface area contributed by atoms with E-state index in [4.69, 9.17) is 10.5 Å². The Kier molecular flexibility index (Phi) is 4.79. The summed E-state index contributed by atoms with van der Waals surface area (Å²) in [6, 6.07) is 12.3. The highest BCUT2D eigenvalue weighted by atomic mass is 19.3. The van der Waals surface area contributed by atoms with E-state index in [1.165, 1.54) is 12.1 Å². The molecule has 1 aliphatic carbocycles. The van der Waals surface area contributed by atoms with Gasteiger partial charge in [-0.05, 0) is 42.2 Å². The number of nitrogens with zero attached hydrogens (tertiary/aromatic N) is 1. The first-order valence-corrected chi connectivity index (χ1v) is 9.09. The summed E-state index contributed by atoms with van der Waals surface area (Å²) in [5.74, 6) is 3.39. The molecule has 0 radical (unpaired) electrons. The zero-order valence-corrected chi connectivity index (χ0v) is 15.2. The number of aliphatic imine (C=N–C) groups is 1. The summed E-state index contributed by atoms with van der Waals surface area (Å²) in [5, 5.41) is 0. The fourth-order valence-corrected chi connectivity index (χ4v) is 3.68. The molecule has 0 spiro atoms. The smallest absolute Gasteiger partial charge is 0.283 e. The highest BCUT2D eigenvalue weighted by Crippen LogP contribution is 2.56. The lowest BCUT2D eigenvalue weighted by atomic mass is 9.83. The maximum atomic E-state index is 14.6. The zero-order chi connectivity index (χ0) is 20.6. The van der Waals surface area contributed by atoms with Crippen LogP contribution in [0.3, 0.4) is 0 Å². The van der Waals surface area contributed by atoms with Crippen LogP contribution in [-0.2, 0) is 21.5 Å². The van der Waals surface area contributed by atoms with Crippen molar-refractivity contribution >= 4 is 11.8 Å². The predicted molar refractivity (Wildman–Crippen MR) is 101 cm³/mol. The van der Waals surface area contributed by atoms with Crippen molar-refractivity contribution in [2.75, 3.05) is 0 Å². The standard InChI is InChI=1S/C22H17F3N2O2/c23-18-9-7-14(10-15(28)8-6-13-4-2-1-3-5-13)11-16(18)22(20(24)25)17-12-19(17)29-21(26)27-22/h1-5,7,9,11,17,19-20H,10,12H2,(H2,26,27)/t17-,19+,22+/m0/s1. The second-order valence-electron chi connectivity index (χ2n) is 7.10. The summed E-state index contributed by atoms with van der Waals surface area (Å²) in [6.45, 7) is 0. The van der Waals surface area contributed by atoms with Gasteiger partial charge in [0.25, 0.3) is 12.4 Å².